The summed E-state index contributed by atoms with van der Waals surface area (Å²) in [7, 11) is 0. The summed E-state index contributed by atoms with van der Waals surface area (Å²) in [6.45, 7) is 5.31. The number of nitrogens with two attached hydrogens (primary N) is 1. The molecule has 1 aliphatic rings. The predicted octanol–water partition coefficient (Wildman–Crippen LogP) is 3.26. The smallest absolute Gasteiger partial charge is 0.155 e. The fourth-order valence-corrected chi connectivity index (χ4v) is 2.57. The van der Waals surface area contributed by atoms with Gasteiger partial charge in [-0.05, 0) is 25.2 Å². The second-order valence-electron chi connectivity index (χ2n) is 6.07. The highest BCUT2D eigenvalue weighted by atomic mass is 15.1. The molecule has 0 saturated heterocycles. The first kappa shape index (κ1) is 14.9. The van der Waals surface area contributed by atoms with Crippen molar-refractivity contribution in [1.29, 1.82) is 0 Å². The quantitative estimate of drug-likeness (QED) is 0.744. The van der Waals surface area contributed by atoms with Crippen LogP contribution in [0.1, 0.15) is 52.4 Å². The molecular formula is C15H27N5. The molecule has 1 aliphatic carbocycles. The summed E-state index contributed by atoms with van der Waals surface area (Å²) in [6.07, 6.45) is 9.04. The first-order valence-corrected chi connectivity index (χ1v) is 7.77. The molecule has 1 saturated carbocycles. The maximum Gasteiger partial charge on any atom is 0.155 e. The molecule has 0 unspecified atom stereocenters. The van der Waals surface area contributed by atoms with Crippen LogP contribution in [0.15, 0.2) is 6.33 Å². The molecule has 5 nitrogen and oxygen atoms in total. The third-order valence-corrected chi connectivity index (χ3v) is 3.84. The van der Waals surface area contributed by atoms with Crippen LogP contribution in [0, 0.1) is 5.92 Å². The highest BCUT2D eigenvalue weighted by Gasteiger charge is 2.16. The molecule has 5 heteroatoms. The van der Waals surface area contributed by atoms with Crippen molar-refractivity contribution >= 4 is 17.3 Å². The fraction of sp³-hybridized carbons (Fsp3) is 0.733. The molecular weight excluding hydrogens is 250 g/mol. The summed E-state index contributed by atoms with van der Waals surface area (Å²) in [5.74, 6) is 2.20. The van der Waals surface area contributed by atoms with E-state index in [1.165, 1.54) is 32.1 Å². The van der Waals surface area contributed by atoms with Gasteiger partial charge in [-0.15, -0.1) is 0 Å². The highest BCUT2D eigenvalue weighted by Crippen LogP contribution is 2.26. The Morgan fingerprint density at radius 3 is 2.60 bits per heavy atom. The fourth-order valence-electron chi connectivity index (χ4n) is 2.57. The molecule has 1 aromatic rings. The predicted molar refractivity (Wildman–Crippen MR) is 84.9 cm³/mol. The van der Waals surface area contributed by atoms with Gasteiger partial charge in [-0.2, -0.15) is 0 Å². The van der Waals surface area contributed by atoms with Gasteiger partial charge in [0.15, 0.2) is 11.6 Å². The van der Waals surface area contributed by atoms with Gasteiger partial charge in [-0.3, -0.25) is 0 Å². The summed E-state index contributed by atoms with van der Waals surface area (Å²) in [5.41, 5.74) is 6.81. The number of nitrogen functional groups attached to an aromatic ring is 1. The summed E-state index contributed by atoms with van der Waals surface area (Å²) in [5, 5.41) is 6.78. The molecule has 1 fully saturated rings. The molecule has 0 aromatic carbocycles. The molecule has 0 bridgehead atoms. The maximum absolute atomic E-state index is 6.17. The second-order valence-corrected chi connectivity index (χ2v) is 6.07. The number of nitrogens with zero attached hydrogens (tertiary/aromatic N) is 2. The third-order valence-electron chi connectivity index (χ3n) is 3.84. The average Bonchev–Trinajstić information content (AvgIpc) is 2.44. The van der Waals surface area contributed by atoms with E-state index in [4.69, 9.17) is 5.73 Å². The lowest BCUT2D eigenvalue weighted by Gasteiger charge is -2.24. The van der Waals surface area contributed by atoms with Crippen LogP contribution in [-0.2, 0) is 0 Å². The van der Waals surface area contributed by atoms with Gasteiger partial charge in [0.25, 0.3) is 0 Å². The van der Waals surface area contributed by atoms with Gasteiger partial charge in [0, 0.05) is 12.6 Å². The van der Waals surface area contributed by atoms with E-state index >= 15 is 0 Å². The third kappa shape index (κ3) is 4.25. The van der Waals surface area contributed by atoms with E-state index in [9.17, 15) is 0 Å². The van der Waals surface area contributed by atoms with Crippen LogP contribution in [0.2, 0.25) is 0 Å². The van der Waals surface area contributed by atoms with Crippen molar-refractivity contribution in [3.05, 3.63) is 6.33 Å². The minimum Gasteiger partial charge on any atom is -0.393 e. The standard InChI is InChI=1S/C15H27N5/c1-11(2)8-9-17-14-13(16)15(19-10-18-14)20-12-6-4-3-5-7-12/h10-12H,3-9,16H2,1-2H3,(H2,17,18,19,20). The maximum atomic E-state index is 6.17. The molecule has 2 rings (SSSR count). The van der Waals surface area contributed by atoms with Gasteiger partial charge in [-0.25, -0.2) is 9.97 Å². The Morgan fingerprint density at radius 1 is 1.20 bits per heavy atom. The number of rotatable bonds is 6. The van der Waals surface area contributed by atoms with Crippen molar-refractivity contribution in [2.45, 2.75) is 58.4 Å². The van der Waals surface area contributed by atoms with Crippen molar-refractivity contribution in [3.8, 4) is 0 Å². The Kier molecular flexibility index (Phi) is 5.44. The molecule has 0 radical (unpaired) electrons. The molecule has 112 valence electrons. The van der Waals surface area contributed by atoms with E-state index in [2.05, 4.69) is 34.4 Å². The van der Waals surface area contributed by atoms with Crippen LogP contribution < -0.4 is 16.4 Å². The van der Waals surface area contributed by atoms with Gasteiger partial charge >= 0.3 is 0 Å². The molecule has 4 N–H and O–H groups in total. The van der Waals surface area contributed by atoms with E-state index in [1.54, 1.807) is 6.33 Å². The van der Waals surface area contributed by atoms with Gasteiger partial charge in [-0.1, -0.05) is 33.1 Å². The summed E-state index contributed by atoms with van der Waals surface area (Å²) < 4.78 is 0. The SMILES string of the molecule is CC(C)CCNc1ncnc(NC2CCCCC2)c1N. The zero-order valence-electron chi connectivity index (χ0n) is 12.7. The van der Waals surface area contributed by atoms with Crippen molar-refractivity contribution in [3.63, 3.8) is 0 Å². The number of anilines is 3. The number of hydrogen-bond acceptors (Lipinski definition) is 5. The minimum atomic E-state index is 0.504. The topological polar surface area (TPSA) is 75.9 Å². The van der Waals surface area contributed by atoms with Gasteiger partial charge < -0.3 is 16.4 Å². The van der Waals surface area contributed by atoms with E-state index in [0.717, 1.165) is 24.6 Å². The summed E-state index contributed by atoms with van der Waals surface area (Å²) in [4.78, 5) is 8.53. The first-order chi connectivity index (χ1) is 9.66. The lowest BCUT2D eigenvalue weighted by molar-refractivity contribution is 0.462. The van der Waals surface area contributed by atoms with Gasteiger partial charge in [0.1, 0.15) is 12.0 Å². The Hall–Kier alpha value is -1.52. The lowest BCUT2D eigenvalue weighted by atomic mass is 9.95. The molecule has 20 heavy (non-hydrogen) atoms. The number of hydrogen-bond donors (Lipinski definition) is 3. The van der Waals surface area contributed by atoms with Crippen molar-refractivity contribution in [2.75, 3.05) is 22.9 Å². The van der Waals surface area contributed by atoms with E-state index < -0.39 is 0 Å². The molecule has 1 heterocycles. The normalized spacial score (nSPS) is 16.4. The Bertz CT molecular complexity index is 413. The molecule has 0 amide bonds. The summed E-state index contributed by atoms with van der Waals surface area (Å²) in [6, 6.07) is 0.504. The van der Waals surface area contributed by atoms with Crippen molar-refractivity contribution in [1.82, 2.24) is 9.97 Å². The molecule has 0 spiro atoms. The van der Waals surface area contributed by atoms with Gasteiger partial charge in [0.2, 0.25) is 0 Å². The van der Waals surface area contributed by atoms with Crippen LogP contribution >= 0.6 is 0 Å². The molecule has 0 aliphatic heterocycles. The van der Waals surface area contributed by atoms with Crippen molar-refractivity contribution < 1.29 is 0 Å². The van der Waals surface area contributed by atoms with Gasteiger partial charge in [0.05, 0.1) is 0 Å². The number of nitrogens with one attached hydrogen (secondary N) is 2. The Morgan fingerprint density at radius 2 is 1.90 bits per heavy atom. The van der Waals surface area contributed by atoms with E-state index in [1.807, 2.05) is 0 Å². The zero-order chi connectivity index (χ0) is 14.4. The Balaban J connectivity index is 1.95. The molecule has 0 atom stereocenters. The minimum absolute atomic E-state index is 0.504. The van der Waals surface area contributed by atoms with Crippen LogP contribution in [0.5, 0.6) is 0 Å². The first-order valence-electron chi connectivity index (χ1n) is 7.77. The largest absolute Gasteiger partial charge is 0.393 e. The van der Waals surface area contributed by atoms with Crippen LogP contribution in [0.3, 0.4) is 0 Å². The Labute approximate surface area is 121 Å². The van der Waals surface area contributed by atoms with E-state index in [0.29, 0.717) is 17.6 Å². The van der Waals surface area contributed by atoms with Crippen molar-refractivity contribution in [2.24, 2.45) is 5.92 Å². The second kappa shape index (κ2) is 7.31. The van der Waals surface area contributed by atoms with Crippen LogP contribution in [0.4, 0.5) is 17.3 Å². The van der Waals surface area contributed by atoms with E-state index in [-0.39, 0.29) is 0 Å². The number of aromatic nitrogens is 2. The monoisotopic (exact) mass is 277 g/mol. The zero-order valence-corrected chi connectivity index (χ0v) is 12.7. The average molecular weight is 277 g/mol. The van der Waals surface area contributed by atoms with Crippen LogP contribution in [-0.4, -0.2) is 22.6 Å². The molecule has 1 aromatic heterocycles. The highest BCUT2D eigenvalue weighted by molar-refractivity contribution is 5.74. The van der Waals surface area contributed by atoms with Crippen LogP contribution in [0.25, 0.3) is 0 Å². The summed E-state index contributed by atoms with van der Waals surface area (Å²) >= 11 is 0. The lowest BCUT2D eigenvalue weighted by Crippen LogP contribution is -2.24.